The summed E-state index contributed by atoms with van der Waals surface area (Å²) in [5, 5.41) is 3.52. The minimum absolute atomic E-state index is 0.856. The molecule has 3 atom stereocenters. The minimum atomic E-state index is 0.856. The van der Waals surface area contributed by atoms with Gasteiger partial charge in [-0.3, -0.25) is 4.90 Å². The van der Waals surface area contributed by atoms with Crippen molar-refractivity contribution in [3.63, 3.8) is 0 Å². The molecule has 0 aromatic heterocycles. The van der Waals surface area contributed by atoms with Crippen molar-refractivity contribution in [3.8, 4) is 0 Å². The van der Waals surface area contributed by atoms with Crippen LogP contribution in [0.4, 0.5) is 0 Å². The number of piperidine rings is 1. The first-order valence-corrected chi connectivity index (χ1v) is 6.46. The Kier molecular flexibility index (Phi) is 2.71. The molecule has 0 spiro atoms. The van der Waals surface area contributed by atoms with Crippen LogP contribution in [-0.4, -0.2) is 62.2 Å². The van der Waals surface area contributed by atoms with Gasteiger partial charge >= 0.3 is 0 Å². The van der Waals surface area contributed by atoms with E-state index in [2.05, 4.69) is 22.2 Å². The van der Waals surface area contributed by atoms with Crippen molar-refractivity contribution in [1.82, 2.24) is 15.1 Å². The molecule has 0 aliphatic carbocycles. The van der Waals surface area contributed by atoms with Crippen LogP contribution in [0, 0.1) is 11.8 Å². The first-order valence-electron chi connectivity index (χ1n) is 6.46. The highest BCUT2D eigenvalue weighted by molar-refractivity contribution is 4.94. The monoisotopic (exact) mass is 209 g/mol. The number of likely N-dealkylation sites (N-methyl/N-ethyl adjacent to an activating group) is 1. The zero-order valence-electron chi connectivity index (χ0n) is 9.78. The Morgan fingerprint density at radius 2 is 1.80 bits per heavy atom. The second-order valence-electron chi connectivity index (χ2n) is 5.69. The molecule has 3 heteroatoms. The van der Waals surface area contributed by atoms with Gasteiger partial charge in [-0.05, 0) is 51.4 Å². The SMILES string of the molecule is CN1CCCC(N2C[C@H]3CNC[C@H]3C2)C1. The first-order chi connectivity index (χ1) is 7.33. The van der Waals surface area contributed by atoms with Crippen LogP contribution in [-0.2, 0) is 0 Å². The molecule has 0 radical (unpaired) electrons. The molecule has 3 rings (SSSR count). The number of nitrogens with one attached hydrogen (secondary N) is 1. The van der Waals surface area contributed by atoms with E-state index in [1.165, 1.54) is 52.1 Å². The van der Waals surface area contributed by atoms with Crippen molar-refractivity contribution < 1.29 is 0 Å². The summed E-state index contributed by atoms with van der Waals surface area (Å²) in [6, 6.07) is 0.856. The highest BCUT2D eigenvalue weighted by atomic mass is 15.2. The van der Waals surface area contributed by atoms with Crippen LogP contribution in [0.25, 0.3) is 0 Å². The molecular weight excluding hydrogens is 186 g/mol. The molecule has 3 fully saturated rings. The summed E-state index contributed by atoms with van der Waals surface area (Å²) in [5.74, 6) is 1.91. The van der Waals surface area contributed by atoms with E-state index in [4.69, 9.17) is 0 Å². The van der Waals surface area contributed by atoms with Gasteiger partial charge in [0.05, 0.1) is 0 Å². The number of hydrogen-bond acceptors (Lipinski definition) is 3. The fourth-order valence-electron chi connectivity index (χ4n) is 3.63. The predicted octanol–water partition coefficient (Wildman–Crippen LogP) is 0.232. The maximum Gasteiger partial charge on any atom is 0.0223 e. The van der Waals surface area contributed by atoms with E-state index < -0.39 is 0 Å². The zero-order valence-corrected chi connectivity index (χ0v) is 9.78. The first kappa shape index (κ1) is 10.1. The quantitative estimate of drug-likeness (QED) is 0.667. The van der Waals surface area contributed by atoms with E-state index in [0.717, 1.165) is 17.9 Å². The third-order valence-corrected chi connectivity index (χ3v) is 4.53. The highest BCUT2D eigenvalue weighted by Gasteiger charge is 2.39. The molecule has 3 aliphatic rings. The molecule has 3 aliphatic heterocycles. The standard InChI is InChI=1S/C12H23N3/c1-14-4-2-3-12(9-14)15-7-10-5-13-6-11(10)8-15/h10-13H,2-9H2,1H3/t10-,11+,12?. The van der Waals surface area contributed by atoms with Crippen molar-refractivity contribution >= 4 is 0 Å². The maximum atomic E-state index is 3.52. The average molecular weight is 209 g/mol. The Hall–Kier alpha value is -0.120. The predicted molar refractivity (Wildman–Crippen MR) is 61.9 cm³/mol. The summed E-state index contributed by atoms with van der Waals surface area (Å²) >= 11 is 0. The Morgan fingerprint density at radius 1 is 1.07 bits per heavy atom. The van der Waals surface area contributed by atoms with Gasteiger partial charge < -0.3 is 10.2 Å². The van der Waals surface area contributed by atoms with Gasteiger partial charge in [-0.15, -0.1) is 0 Å². The molecule has 0 amide bonds. The molecule has 86 valence electrons. The topological polar surface area (TPSA) is 18.5 Å². The van der Waals surface area contributed by atoms with E-state index >= 15 is 0 Å². The summed E-state index contributed by atoms with van der Waals surface area (Å²) in [4.78, 5) is 5.27. The maximum absolute atomic E-state index is 3.52. The lowest BCUT2D eigenvalue weighted by Gasteiger charge is -2.36. The van der Waals surface area contributed by atoms with Crippen LogP contribution in [0.2, 0.25) is 0 Å². The van der Waals surface area contributed by atoms with Crippen molar-refractivity contribution in [1.29, 1.82) is 0 Å². The number of rotatable bonds is 1. The van der Waals surface area contributed by atoms with Crippen LogP contribution in [0.15, 0.2) is 0 Å². The summed E-state index contributed by atoms with van der Waals surface area (Å²) in [5.41, 5.74) is 0. The normalized spacial score (nSPS) is 43.4. The summed E-state index contributed by atoms with van der Waals surface area (Å²) in [6.45, 7) is 7.85. The largest absolute Gasteiger partial charge is 0.316 e. The van der Waals surface area contributed by atoms with Crippen LogP contribution < -0.4 is 5.32 Å². The molecule has 1 N–H and O–H groups in total. The summed E-state index contributed by atoms with van der Waals surface area (Å²) in [6.07, 6.45) is 2.82. The van der Waals surface area contributed by atoms with Crippen molar-refractivity contribution in [3.05, 3.63) is 0 Å². The lowest BCUT2D eigenvalue weighted by molar-refractivity contribution is 0.127. The summed E-state index contributed by atoms with van der Waals surface area (Å²) < 4.78 is 0. The highest BCUT2D eigenvalue weighted by Crippen LogP contribution is 2.29. The number of likely N-dealkylation sites (tertiary alicyclic amines) is 2. The van der Waals surface area contributed by atoms with E-state index in [0.29, 0.717) is 0 Å². The average Bonchev–Trinajstić information content (AvgIpc) is 2.76. The fourth-order valence-corrected chi connectivity index (χ4v) is 3.63. The second kappa shape index (κ2) is 4.04. The lowest BCUT2D eigenvalue weighted by Crippen LogP contribution is -2.46. The van der Waals surface area contributed by atoms with Crippen molar-refractivity contribution in [2.75, 3.05) is 46.3 Å². The molecule has 3 heterocycles. The lowest BCUT2D eigenvalue weighted by atomic mass is 10.0. The van der Waals surface area contributed by atoms with Crippen LogP contribution in [0.5, 0.6) is 0 Å². The Balaban J connectivity index is 1.59. The van der Waals surface area contributed by atoms with E-state index in [1.54, 1.807) is 0 Å². The second-order valence-corrected chi connectivity index (χ2v) is 5.69. The fraction of sp³-hybridized carbons (Fsp3) is 1.00. The van der Waals surface area contributed by atoms with Gasteiger partial charge in [0.2, 0.25) is 0 Å². The van der Waals surface area contributed by atoms with Gasteiger partial charge in [-0.25, -0.2) is 0 Å². The molecule has 3 nitrogen and oxygen atoms in total. The number of nitrogens with zero attached hydrogens (tertiary/aromatic N) is 2. The van der Waals surface area contributed by atoms with E-state index in [1.807, 2.05) is 0 Å². The van der Waals surface area contributed by atoms with Gasteiger partial charge in [-0.1, -0.05) is 0 Å². The Labute approximate surface area is 92.8 Å². The zero-order chi connectivity index (χ0) is 10.3. The molecule has 0 bridgehead atoms. The molecular formula is C12H23N3. The van der Waals surface area contributed by atoms with Gasteiger partial charge in [0.1, 0.15) is 0 Å². The van der Waals surface area contributed by atoms with Gasteiger partial charge in [-0.2, -0.15) is 0 Å². The summed E-state index contributed by atoms with van der Waals surface area (Å²) in [7, 11) is 2.27. The number of fused-ring (bicyclic) bond motifs is 1. The van der Waals surface area contributed by atoms with Gasteiger partial charge in [0.25, 0.3) is 0 Å². The van der Waals surface area contributed by atoms with Crippen LogP contribution >= 0.6 is 0 Å². The Bertz CT molecular complexity index is 219. The van der Waals surface area contributed by atoms with Crippen molar-refractivity contribution in [2.24, 2.45) is 11.8 Å². The third kappa shape index (κ3) is 1.93. The van der Waals surface area contributed by atoms with Crippen LogP contribution in [0.1, 0.15) is 12.8 Å². The Morgan fingerprint density at radius 3 is 2.47 bits per heavy atom. The molecule has 0 aromatic carbocycles. The van der Waals surface area contributed by atoms with Gasteiger partial charge in [0, 0.05) is 25.7 Å². The van der Waals surface area contributed by atoms with E-state index in [-0.39, 0.29) is 0 Å². The third-order valence-electron chi connectivity index (χ3n) is 4.53. The molecule has 0 aromatic rings. The number of hydrogen-bond donors (Lipinski definition) is 1. The molecule has 3 saturated heterocycles. The molecule has 0 saturated carbocycles. The molecule has 1 unspecified atom stereocenters. The smallest absolute Gasteiger partial charge is 0.0223 e. The van der Waals surface area contributed by atoms with E-state index in [9.17, 15) is 0 Å². The van der Waals surface area contributed by atoms with Crippen molar-refractivity contribution in [2.45, 2.75) is 18.9 Å². The molecule has 15 heavy (non-hydrogen) atoms. The minimum Gasteiger partial charge on any atom is -0.316 e. The van der Waals surface area contributed by atoms with Crippen LogP contribution in [0.3, 0.4) is 0 Å². The van der Waals surface area contributed by atoms with Gasteiger partial charge in [0.15, 0.2) is 0 Å².